The molecule has 0 aliphatic carbocycles. The van der Waals surface area contributed by atoms with Crippen LogP contribution in [0.25, 0.3) is 0 Å². The molecule has 7 heteroatoms. The van der Waals surface area contributed by atoms with Gasteiger partial charge in [-0.15, -0.1) is 5.10 Å². The van der Waals surface area contributed by atoms with Crippen molar-refractivity contribution in [3.8, 4) is 0 Å². The second-order valence-corrected chi connectivity index (χ2v) is 4.70. The van der Waals surface area contributed by atoms with E-state index < -0.39 is 0 Å². The Labute approximate surface area is 105 Å². The third kappa shape index (κ3) is 4.66. The van der Waals surface area contributed by atoms with E-state index in [4.69, 9.17) is 15.3 Å². The fourth-order valence-electron chi connectivity index (χ4n) is 1.08. The number of oxime groups is 1. The molecule has 0 aromatic carbocycles. The smallest absolute Gasteiger partial charge is 0.165 e. The summed E-state index contributed by atoms with van der Waals surface area (Å²) in [6.45, 7) is 7.90. The maximum Gasteiger partial charge on any atom is 0.165 e. The molecule has 1 unspecified atom stereocenters. The van der Waals surface area contributed by atoms with Gasteiger partial charge < -0.3 is 15.3 Å². The minimum absolute atomic E-state index is 0.120. The van der Waals surface area contributed by atoms with Crippen molar-refractivity contribution in [3.05, 3.63) is 10.6 Å². The molecule has 0 aliphatic rings. The van der Waals surface area contributed by atoms with E-state index in [1.807, 2.05) is 27.7 Å². The summed E-state index contributed by atoms with van der Waals surface area (Å²) in [4.78, 5) is 6.22. The van der Waals surface area contributed by atoms with Crippen LogP contribution in [0.3, 0.4) is 0 Å². The predicted molar refractivity (Wildman–Crippen MR) is 66.9 cm³/mol. The Bertz CT molecular complexity index is 378. The molecule has 1 rings (SSSR count). The summed E-state index contributed by atoms with van der Waals surface area (Å²) in [6, 6.07) is 0. The van der Waals surface area contributed by atoms with E-state index >= 15 is 0 Å². The molecule has 6 nitrogen and oxygen atoms in total. The van der Waals surface area contributed by atoms with Crippen LogP contribution in [0.5, 0.6) is 0 Å². The Balaban J connectivity index is 2.44. The fraction of sp³-hybridized carbons (Fsp3) is 0.700. The first-order chi connectivity index (χ1) is 8.00. The molecular weight excluding hydrogens is 240 g/mol. The van der Waals surface area contributed by atoms with Crippen molar-refractivity contribution < 1.29 is 9.57 Å². The first kappa shape index (κ1) is 13.9. The number of nitrogens with two attached hydrogens (primary N) is 1. The number of nitrogens with zero attached hydrogens (tertiary/aromatic N) is 3. The van der Waals surface area contributed by atoms with Gasteiger partial charge in [-0.3, -0.25) is 0 Å². The van der Waals surface area contributed by atoms with Crippen LogP contribution < -0.4 is 5.73 Å². The van der Waals surface area contributed by atoms with Crippen LogP contribution in [0, 0.1) is 6.92 Å². The molecule has 0 aliphatic heterocycles. The Morgan fingerprint density at radius 1 is 1.47 bits per heavy atom. The number of ether oxygens (including phenoxy) is 1. The highest BCUT2D eigenvalue weighted by Crippen LogP contribution is 2.22. The lowest BCUT2D eigenvalue weighted by atomic mass is 10.3. The van der Waals surface area contributed by atoms with E-state index in [-0.39, 0.29) is 18.8 Å². The molecule has 0 radical (unpaired) electrons. The molecular formula is C10H18N4O2S. The van der Waals surface area contributed by atoms with Crippen LogP contribution in [0.15, 0.2) is 5.16 Å². The van der Waals surface area contributed by atoms with Crippen molar-refractivity contribution in [1.82, 2.24) is 9.59 Å². The number of aromatic nitrogens is 2. The average molecular weight is 258 g/mol. The fourth-order valence-corrected chi connectivity index (χ4v) is 1.70. The molecule has 0 saturated heterocycles. The summed E-state index contributed by atoms with van der Waals surface area (Å²) in [7, 11) is 0. The Kier molecular flexibility index (Phi) is 5.30. The van der Waals surface area contributed by atoms with Crippen LogP contribution in [0.1, 0.15) is 37.4 Å². The maximum atomic E-state index is 5.63. The van der Waals surface area contributed by atoms with Gasteiger partial charge >= 0.3 is 0 Å². The van der Waals surface area contributed by atoms with E-state index in [2.05, 4.69) is 14.7 Å². The summed E-state index contributed by atoms with van der Waals surface area (Å²) >= 11 is 1.30. The normalized spacial score (nSPS) is 14.1. The van der Waals surface area contributed by atoms with Gasteiger partial charge in [0.05, 0.1) is 16.7 Å². The zero-order valence-electron chi connectivity index (χ0n) is 10.5. The molecule has 1 aromatic heterocycles. The number of aryl methyl sites for hydroxylation is 1. The maximum absolute atomic E-state index is 5.63. The van der Waals surface area contributed by atoms with Gasteiger partial charge in [0.25, 0.3) is 0 Å². The summed E-state index contributed by atoms with van der Waals surface area (Å²) in [5, 5.41) is 7.72. The molecule has 0 amide bonds. The molecule has 1 atom stereocenters. The Morgan fingerprint density at radius 3 is 2.71 bits per heavy atom. The van der Waals surface area contributed by atoms with Gasteiger partial charge in [-0.2, -0.15) is 0 Å². The van der Waals surface area contributed by atoms with Crippen molar-refractivity contribution in [3.63, 3.8) is 0 Å². The van der Waals surface area contributed by atoms with Gasteiger partial charge in [-0.25, -0.2) is 0 Å². The average Bonchev–Trinajstić information content (AvgIpc) is 2.69. The van der Waals surface area contributed by atoms with Crippen molar-refractivity contribution in [2.24, 2.45) is 10.9 Å². The van der Waals surface area contributed by atoms with E-state index in [0.29, 0.717) is 5.84 Å². The van der Waals surface area contributed by atoms with E-state index in [9.17, 15) is 0 Å². The predicted octanol–water partition coefficient (Wildman–Crippen LogP) is 1.62. The third-order valence-electron chi connectivity index (χ3n) is 1.95. The molecule has 0 bridgehead atoms. The van der Waals surface area contributed by atoms with Crippen molar-refractivity contribution in [2.45, 2.75) is 39.9 Å². The van der Waals surface area contributed by atoms with Crippen molar-refractivity contribution in [2.75, 3.05) is 6.61 Å². The van der Waals surface area contributed by atoms with Gasteiger partial charge in [0.15, 0.2) is 11.9 Å². The topological polar surface area (TPSA) is 82.6 Å². The summed E-state index contributed by atoms with van der Waals surface area (Å²) in [5.41, 5.74) is 6.49. The minimum Gasteiger partial charge on any atom is -0.385 e. The first-order valence-corrected chi connectivity index (χ1v) is 6.16. The van der Waals surface area contributed by atoms with Crippen LogP contribution in [-0.4, -0.2) is 28.1 Å². The number of rotatable bonds is 6. The standard InChI is InChI=1S/C10H18N4O2S/c1-6(2)15-5-9(11)13-16-8(4)10-7(3)12-14-17-10/h6,8H,5H2,1-4H3,(H2,11,13). The number of hydrogen-bond acceptors (Lipinski definition) is 6. The lowest BCUT2D eigenvalue weighted by Crippen LogP contribution is -2.22. The quantitative estimate of drug-likeness (QED) is 0.476. The zero-order chi connectivity index (χ0) is 12.8. The molecule has 1 heterocycles. The second kappa shape index (κ2) is 6.51. The number of hydrogen-bond donors (Lipinski definition) is 1. The lowest BCUT2D eigenvalue weighted by Gasteiger charge is -2.09. The first-order valence-electron chi connectivity index (χ1n) is 5.39. The minimum atomic E-state index is -0.201. The van der Waals surface area contributed by atoms with E-state index in [1.54, 1.807) is 0 Å². The highest BCUT2D eigenvalue weighted by atomic mass is 32.1. The van der Waals surface area contributed by atoms with Gasteiger partial charge in [-0.05, 0) is 39.2 Å². The van der Waals surface area contributed by atoms with Crippen LogP contribution in [0.4, 0.5) is 0 Å². The zero-order valence-corrected chi connectivity index (χ0v) is 11.3. The second-order valence-electron chi connectivity index (χ2n) is 3.91. The molecule has 0 spiro atoms. The molecule has 0 saturated carbocycles. The van der Waals surface area contributed by atoms with E-state index in [1.165, 1.54) is 11.5 Å². The summed E-state index contributed by atoms with van der Waals surface area (Å²) < 4.78 is 9.13. The lowest BCUT2D eigenvalue weighted by molar-refractivity contribution is 0.0668. The van der Waals surface area contributed by atoms with Gasteiger partial charge in [0.2, 0.25) is 0 Å². The van der Waals surface area contributed by atoms with Crippen LogP contribution in [-0.2, 0) is 9.57 Å². The summed E-state index contributed by atoms with van der Waals surface area (Å²) in [5.74, 6) is 0.320. The molecule has 17 heavy (non-hydrogen) atoms. The third-order valence-corrected chi connectivity index (χ3v) is 2.94. The van der Waals surface area contributed by atoms with Crippen LogP contribution >= 0.6 is 11.5 Å². The molecule has 96 valence electrons. The largest absolute Gasteiger partial charge is 0.385 e. The number of amidine groups is 1. The Morgan fingerprint density at radius 2 is 2.18 bits per heavy atom. The van der Waals surface area contributed by atoms with Crippen LogP contribution in [0.2, 0.25) is 0 Å². The van der Waals surface area contributed by atoms with Gasteiger partial charge in [0, 0.05) is 0 Å². The molecule has 0 fully saturated rings. The van der Waals surface area contributed by atoms with E-state index in [0.717, 1.165) is 10.6 Å². The SMILES string of the molecule is Cc1nnsc1C(C)O/N=C(\N)COC(C)C. The molecule has 1 aromatic rings. The van der Waals surface area contributed by atoms with Gasteiger partial charge in [0.1, 0.15) is 6.61 Å². The van der Waals surface area contributed by atoms with Crippen molar-refractivity contribution in [1.29, 1.82) is 0 Å². The highest BCUT2D eigenvalue weighted by Gasteiger charge is 2.13. The Hall–Kier alpha value is -1.21. The van der Waals surface area contributed by atoms with Crippen molar-refractivity contribution >= 4 is 17.4 Å². The van der Waals surface area contributed by atoms with Gasteiger partial charge in [-0.1, -0.05) is 9.64 Å². The molecule has 2 N–H and O–H groups in total. The summed E-state index contributed by atoms with van der Waals surface area (Å²) in [6.07, 6.45) is -0.0817. The monoisotopic (exact) mass is 258 g/mol. The highest BCUT2D eigenvalue weighted by molar-refractivity contribution is 7.05.